The summed E-state index contributed by atoms with van der Waals surface area (Å²) >= 11 is 0. The van der Waals surface area contributed by atoms with Crippen molar-refractivity contribution in [3.05, 3.63) is 94.5 Å². The predicted molar refractivity (Wildman–Crippen MR) is 117 cm³/mol. The average molecular weight is 427 g/mol. The summed E-state index contributed by atoms with van der Waals surface area (Å²) in [5.74, 6) is -0.125. The summed E-state index contributed by atoms with van der Waals surface area (Å²) in [5, 5.41) is 0. The van der Waals surface area contributed by atoms with Crippen LogP contribution in [-0.2, 0) is 4.74 Å². The third-order valence-corrected chi connectivity index (χ3v) is 5.79. The minimum atomic E-state index is -0.622. The highest BCUT2D eigenvalue weighted by Gasteiger charge is 2.44. The minimum Gasteiger partial charge on any atom is -0.462 e. The molecule has 2 heterocycles. The molecule has 0 saturated carbocycles. The van der Waals surface area contributed by atoms with Crippen LogP contribution in [0.3, 0.4) is 0 Å². The normalized spacial score (nSPS) is 14.5. The van der Waals surface area contributed by atoms with Crippen LogP contribution < -0.4 is 4.74 Å². The van der Waals surface area contributed by atoms with E-state index in [1.165, 1.54) is 23.1 Å². The van der Waals surface area contributed by atoms with E-state index in [9.17, 15) is 14.4 Å². The van der Waals surface area contributed by atoms with Gasteiger partial charge in [0.25, 0.3) is 11.8 Å². The molecule has 0 fully saturated rings. The topological polar surface area (TPSA) is 72.9 Å². The van der Waals surface area contributed by atoms with E-state index in [4.69, 9.17) is 9.47 Å². The second-order valence-electron chi connectivity index (χ2n) is 7.81. The summed E-state index contributed by atoms with van der Waals surface area (Å²) in [6, 6.07) is 18.7. The van der Waals surface area contributed by atoms with Gasteiger partial charge in [0.05, 0.1) is 29.3 Å². The molecule has 3 aromatic rings. The smallest absolute Gasteiger partial charge is 0.338 e. The van der Waals surface area contributed by atoms with Crippen LogP contribution in [0.4, 0.5) is 0 Å². The zero-order valence-corrected chi connectivity index (χ0v) is 17.5. The monoisotopic (exact) mass is 427 g/mol. The van der Waals surface area contributed by atoms with E-state index < -0.39 is 23.8 Å². The first-order valence-electron chi connectivity index (χ1n) is 10.6. The molecule has 0 unspecified atom stereocenters. The van der Waals surface area contributed by atoms with Crippen LogP contribution in [0.1, 0.15) is 68.0 Å². The van der Waals surface area contributed by atoms with Gasteiger partial charge < -0.3 is 9.47 Å². The van der Waals surface area contributed by atoms with Crippen LogP contribution in [0, 0.1) is 0 Å². The number of amides is 2. The van der Waals surface area contributed by atoms with Gasteiger partial charge in [-0.3, -0.25) is 14.5 Å². The van der Waals surface area contributed by atoms with Crippen molar-refractivity contribution >= 4 is 17.8 Å². The van der Waals surface area contributed by atoms with Crippen molar-refractivity contribution in [2.75, 3.05) is 6.61 Å². The minimum absolute atomic E-state index is 0.210. The van der Waals surface area contributed by atoms with Crippen LogP contribution in [0.25, 0.3) is 0 Å². The van der Waals surface area contributed by atoms with Gasteiger partial charge >= 0.3 is 5.97 Å². The predicted octanol–water partition coefficient (Wildman–Crippen LogP) is 5.13. The fraction of sp³-hybridized carbons (Fsp3) is 0.192. The second kappa shape index (κ2) is 7.96. The molecule has 0 aromatic heterocycles. The highest BCUT2D eigenvalue weighted by atomic mass is 16.5. The highest BCUT2D eigenvalue weighted by Crippen LogP contribution is 2.47. The van der Waals surface area contributed by atoms with Gasteiger partial charge in [-0.05, 0) is 36.8 Å². The first kappa shape index (κ1) is 20.0. The third kappa shape index (κ3) is 3.15. The molecule has 5 rings (SSSR count). The van der Waals surface area contributed by atoms with Crippen molar-refractivity contribution in [1.82, 2.24) is 4.90 Å². The van der Waals surface area contributed by atoms with E-state index >= 15 is 0 Å². The number of hydrogen-bond acceptors (Lipinski definition) is 5. The Kier molecular flexibility index (Phi) is 4.98. The van der Waals surface area contributed by atoms with Crippen LogP contribution in [-0.4, -0.2) is 29.3 Å². The lowest BCUT2D eigenvalue weighted by atomic mass is 9.93. The van der Waals surface area contributed by atoms with Gasteiger partial charge in [-0.25, -0.2) is 4.79 Å². The molecule has 2 aliphatic rings. The quantitative estimate of drug-likeness (QED) is 0.320. The number of esters is 1. The van der Waals surface area contributed by atoms with E-state index in [2.05, 4.69) is 0 Å². The van der Waals surface area contributed by atoms with E-state index in [1.807, 2.05) is 55.5 Å². The number of ether oxygens (including phenoxy) is 2. The first-order valence-corrected chi connectivity index (χ1v) is 10.6. The maximum absolute atomic E-state index is 13.5. The summed E-state index contributed by atoms with van der Waals surface area (Å²) in [5.41, 5.74) is 2.22. The number of benzene rings is 3. The molecule has 0 saturated heterocycles. The standard InChI is InChI=1S/C26H21NO5/c1-2-3-14-31-26(30)16-12-13-17-20(15-16)25(29)27(24(17)28)23-18-8-4-6-10-21(18)32-22-11-7-5-9-19(22)23/h4-13,15,23H,2-3,14H2,1H3. The second-order valence-corrected chi connectivity index (χ2v) is 7.81. The molecule has 32 heavy (non-hydrogen) atoms. The molecule has 0 bridgehead atoms. The lowest BCUT2D eigenvalue weighted by molar-refractivity contribution is 0.0499. The summed E-state index contributed by atoms with van der Waals surface area (Å²) in [6.07, 6.45) is 1.68. The first-order chi connectivity index (χ1) is 15.6. The van der Waals surface area contributed by atoms with E-state index in [-0.39, 0.29) is 16.7 Å². The Morgan fingerprint density at radius 3 is 2.19 bits per heavy atom. The molecule has 0 aliphatic carbocycles. The number of para-hydroxylation sites is 2. The Morgan fingerprint density at radius 2 is 1.53 bits per heavy atom. The van der Waals surface area contributed by atoms with Crippen molar-refractivity contribution in [3.63, 3.8) is 0 Å². The Hall–Kier alpha value is -3.93. The number of hydrogen-bond donors (Lipinski definition) is 0. The van der Waals surface area contributed by atoms with Crippen LogP contribution in [0.5, 0.6) is 11.5 Å². The Bertz CT molecular complexity index is 1200. The average Bonchev–Trinajstić information content (AvgIpc) is 3.07. The number of unbranched alkanes of at least 4 members (excludes halogenated alkanes) is 1. The van der Waals surface area contributed by atoms with Crippen LogP contribution in [0.15, 0.2) is 66.7 Å². The molecule has 160 valence electrons. The summed E-state index contributed by atoms with van der Waals surface area (Å²) in [6.45, 7) is 2.33. The summed E-state index contributed by atoms with van der Waals surface area (Å²) in [4.78, 5) is 40.5. The molecule has 0 spiro atoms. The Morgan fingerprint density at radius 1 is 0.906 bits per heavy atom. The number of carbonyl (C=O) groups excluding carboxylic acids is 3. The van der Waals surface area contributed by atoms with Crippen LogP contribution in [0.2, 0.25) is 0 Å². The van der Waals surface area contributed by atoms with Gasteiger partial charge in [0.2, 0.25) is 0 Å². The number of carbonyl (C=O) groups is 3. The van der Waals surface area contributed by atoms with E-state index in [0.717, 1.165) is 24.0 Å². The molecule has 0 atom stereocenters. The van der Waals surface area contributed by atoms with Gasteiger partial charge in [-0.15, -0.1) is 0 Å². The summed E-state index contributed by atoms with van der Waals surface area (Å²) in [7, 11) is 0. The van der Waals surface area contributed by atoms with Crippen molar-refractivity contribution < 1.29 is 23.9 Å². The van der Waals surface area contributed by atoms with Crippen molar-refractivity contribution in [3.8, 4) is 11.5 Å². The maximum Gasteiger partial charge on any atom is 0.338 e. The Labute approximate surface area is 185 Å². The summed E-state index contributed by atoms with van der Waals surface area (Å²) < 4.78 is 11.3. The van der Waals surface area contributed by atoms with Gasteiger partial charge in [-0.2, -0.15) is 0 Å². The third-order valence-electron chi connectivity index (χ3n) is 5.79. The highest BCUT2D eigenvalue weighted by molar-refractivity contribution is 6.22. The molecule has 0 radical (unpaired) electrons. The number of fused-ring (bicyclic) bond motifs is 3. The van der Waals surface area contributed by atoms with Gasteiger partial charge in [0.1, 0.15) is 11.5 Å². The number of nitrogens with zero attached hydrogens (tertiary/aromatic N) is 1. The zero-order chi connectivity index (χ0) is 22.2. The zero-order valence-electron chi connectivity index (χ0n) is 17.5. The van der Waals surface area contributed by atoms with Gasteiger partial charge in [0, 0.05) is 11.1 Å². The molecule has 6 heteroatoms. The van der Waals surface area contributed by atoms with Crippen molar-refractivity contribution in [2.45, 2.75) is 25.8 Å². The SMILES string of the molecule is CCCCOC(=O)c1ccc2c(c1)C(=O)N(C1c3ccccc3Oc3ccccc31)C2=O. The fourth-order valence-corrected chi connectivity index (χ4v) is 4.18. The van der Waals surface area contributed by atoms with Gasteiger partial charge in [-0.1, -0.05) is 49.7 Å². The Balaban J connectivity index is 1.54. The lowest BCUT2D eigenvalue weighted by Gasteiger charge is -2.33. The molecule has 6 nitrogen and oxygen atoms in total. The van der Waals surface area contributed by atoms with Crippen LogP contribution >= 0.6 is 0 Å². The molecular weight excluding hydrogens is 406 g/mol. The number of imide groups is 1. The van der Waals surface area contributed by atoms with E-state index in [0.29, 0.717) is 18.1 Å². The number of rotatable bonds is 5. The molecule has 3 aromatic carbocycles. The fourth-order valence-electron chi connectivity index (χ4n) is 4.18. The molecule has 2 amide bonds. The van der Waals surface area contributed by atoms with E-state index in [1.54, 1.807) is 0 Å². The largest absolute Gasteiger partial charge is 0.462 e. The molecule has 0 N–H and O–H groups in total. The molecule has 2 aliphatic heterocycles. The maximum atomic E-state index is 13.5. The lowest BCUT2D eigenvalue weighted by Crippen LogP contribution is -2.36. The van der Waals surface area contributed by atoms with Crippen molar-refractivity contribution in [1.29, 1.82) is 0 Å². The van der Waals surface area contributed by atoms with Gasteiger partial charge in [0.15, 0.2) is 0 Å². The van der Waals surface area contributed by atoms with Crippen molar-refractivity contribution in [2.24, 2.45) is 0 Å². The molecular formula is C26H21NO5.